The van der Waals surface area contributed by atoms with Crippen LogP contribution < -0.4 is 5.32 Å². The molecule has 3 amide bonds. The van der Waals surface area contributed by atoms with Gasteiger partial charge in [-0.05, 0) is 31.4 Å². The van der Waals surface area contributed by atoms with Crippen molar-refractivity contribution >= 4 is 17.9 Å². The highest BCUT2D eigenvalue weighted by atomic mass is 16.5. The van der Waals surface area contributed by atoms with Gasteiger partial charge in [0.25, 0.3) is 5.91 Å². The minimum absolute atomic E-state index is 0.000574. The van der Waals surface area contributed by atoms with Gasteiger partial charge in [-0.2, -0.15) is 0 Å². The standard InChI is InChI=1S/C17H23N3O5/c1-24-16(22)12-4-5-13(11-12)18-17(23)20-8-6-19(7-9-20)15(21)14-3-2-10-25-14/h2-3,10,12-13H,4-9,11H2,1H3,(H,18,23)/t12-,13+/m0/s1. The zero-order valence-corrected chi connectivity index (χ0v) is 14.3. The lowest BCUT2D eigenvalue weighted by atomic mass is 10.1. The van der Waals surface area contributed by atoms with E-state index in [-0.39, 0.29) is 29.9 Å². The highest BCUT2D eigenvalue weighted by molar-refractivity contribution is 5.91. The van der Waals surface area contributed by atoms with Gasteiger partial charge in [0.2, 0.25) is 0 Å². The lowest BCUT2D eigenvalue weighted by Gasteiger charge is -2.34. The Kier molecular flexibility index (Phi) is 5.25. The van der Waals surface area contributed by atoms with E-state index >= 15 is 0 Å². The largest absolute Gasteiger partial charge is 0.469 e. The van der Waals surface area contributed by atoms with Crippen molar-refractivity contribution < 1.29 is 23.5 Å². The van der Waals surface area contributed by atoms with Crippen LogP contribution in [0.15, 0.2) is 22.8 Å². The number of hydrogen-bond acceptors (Lipinski definition) is 5. The molecule has 1 N–H and O–H groups in total. The van der Waals surface area contributed by atoms with Gasteiger partial charge in [0.05, 0.1) is 19.3 Å². The van der Waals surface area contributed by atoms with Gasteiger partial charge in [-0.3, -0.25) is 9.59 Å². The fourth-order valence-corrected chi connectivity index (χ4v) is 3.43. The number of ether oxygens (including phenoxy) is 1. The first-order valence-corrected chi connectivity index (χ1v) is 8.54. The summed E-state index contributed by atoms with van der Waals surface area (Å²) in [6.07, 6.45) is 3.61. The first-order chi connectivity index (χ1) is 12.1. The molecule has 0 radical (unpaired) electrons. The Bertz CT molecular complexity index is 622. The van der Waals surface area contributed by atoms with Gasteiger partial charge >= 0.3 is 12.0 Å². The third kappa shape index (κ3) is 3.94. The van der Waals surface area contributed by atoms with E-state index in [1.807, 2.05) is 0 Å². The summed E-state index contributed by atoms with van der Waals surface area (Å²) in [7, 11) is 1.39. The van der Waals surface area contributed by atoms with Crippen molar-refractivity contribution in [2.75, 3.05) is 33.3 Å². The Hall–Kier alpha value is -2.51. The molecule has 2 fully saturated rings. The van der Waals surface area contributed by atoms with Crippen molar-refractivity contribution in [2.45, 2.75) is 25.3 Å². The summed E-state index contributed by atoms with van der Waals surface area (Å²) in [5.74, 6) is -0.167. The normalized spacial score (nSPS) is 23.4. The minimum Gasteiger partial charge on any atom is -0.469 e. The number of carbonyl (C=O) groups is 3. The number of rotatable bonds is 3. The van der Waals surface area contributed by atoms with Gasteiger partial charge in [-0.1, -0.05) is 0 Å². The van der Waals surface area contributed by atoms with Crippen molar-refractivity contribution in [3.05, 3.63) is 24.2 Å². The summed E-state index contributed by atoms with van der Waals surface area (Å²) < 4.78 is 9.89. The molecule has 1 saturated heterocycles. The molecule has 2 aliphatic rings. The van der Waals surface area contributed by atoms with Crippen LogP contribution in [0.1, 0.15) is 29.8 Å². The van der Waals surface area contributed by atoms with Crippen molar-refractivity contribution in [2.24, 2.45) is 5.92 Å². The molecule has 1 saturated carbocycles. The predicted octanol–water partition coefficient (Wildman–Crippen LogP) is 1.09. The van der Waals surface area contributed by atoms with Gasteiger partial charge in [-0.15, -0.1) is 0 Å². The molecular formula is C17H23N3O5. The number of amides is 3. The van der Waals surface area contributed by atoms with Crippen LogP contribution in [-0.4, -0.2) is 67.0 Å². The molecule has 2 atom stereocenters. The average molecular weight is 349 g/mol. The van der Waals surface area contributed by atoms with E-state index in [2.05, 4.69) is 5.32 Å². The molecule has 2 heterocycles. The average Bonchev–Trinajstić information content (AvgIpc) is 3.32. The molecule has 1 aromatic heterocycles. The maximum Gasteiger partial charge on any atom is 0.317 e. The lowest BCUT2D eigenvalue weighted by molar-refractivity contribution is -0.145. The van der Waals surface area contributed by atoms with Gasteiger partial charge in [0, 0.05) is 32.2 Å². The van der Waals surface area contributed by atoms with Crippen molar-refractivity contribution in [1.82, 2.24) is 15.1 Å². The van der Waals surface area contributed by atoms with E-state index in [0.717, 1.165) is 12.8 Å². The van der Waals surface area contributed by atoms with E-state index in [4.69, 9.17) is 9.15 Å². The van der Waals surface area contributed by atoms with Gasteiger partial charge in [0.15, 0.2) is 5.76 Å². The second kappa shape index (κ2) is 7.58. The summed E-state index contributed by atoms with van der Waals surface area (Å²) in [6, 6.07) is 3.18. The highest BCUT2D eigenvalue weighted by Gasteiger charge is 2.33. The molecule has 0 spiro atoms. The Balaban J connectivity index is 1.44. The molecule has 1 aliphatic heterocycles. The van der Waals surface area contributed by atoms with E-state index < -0.39 is 0 Å². The molecule has 1 aromatic rings. The number of carbonyl (C=O) groups excluding carboxylic acids is 3. The predicted molar refractivity (Wildman–Crippen MR) is 87.9 cm³/mol. The number of urea groups is 1. The molecular weight excluding hydrogens is 326 g/mol. The van der Waals surface area contributed by atoms with Crippen LogP contribution >= 0.6 is 0 Å². The first-order valence-electron chi connectivity index (χ1n) is 8.54. The van der Waals surface area contributed by atoms with E-state index in [1.54, 1.807) is 21.9 Å². The van der Waals surface area contributed by atoms with Crippen LogP contribution in [0.25, 0.3) is 0 Å². The summed E-state index contributed by atoms with van der Waals surface area (Å²) >= 11 is 0. The number of furan rings is 1. The Morgan fingerprint density at radius 1 is 1.16 bits per heavy atom. The maximum absolute atomic E-state index is 12.4. The topological polar surface area (TPSA) is 92.1 Å². The first kappa shape index (κ1) is 17.3. The summed E-state index contributed by atoms with van der Waals surface area (Å²) in [5.41, 5.74) is 0. The molecule has 136 valence electrons. The van der Waals surface area contributed by atoms with Crippen molar-refractivity contribution in [1.29, 1.82) is 0 Å². The Labute approximate surface area is 146 Å². The molecule has 1 aliphatic carbocycles. The number of methoxy groups -OCH3 is 1. The number of esters is 1. The second-order valence-corrected chi connectivity index (χ2v) is 6.44. The third-order valence-electron chi connectivity index (χ3n) is 4.88. The molecule has 8 nitrogen and oxygen atoms in total. The van der Waals surface area contributed by atoms with E-state index in [0.29, 0.717) is 38.4 Å². The monoisotopic (exact) mass is 349 g/mol. The Morgan fingerprint density at radius 2 is 1.88 bits per heavy atom. The quantitative estimate of drug-likeness (QED) is 0.825. The van der Waals surface area contributed by atoms with Gasteiger partial charge < -0.3 is 24.3 Å². The molecule has 0 bridgehead atoms. The smallest absolute Gasteiger partial charge is 0.317 e. The number of nitrogens with zero attached hydrogens (tertiary/aromatic N) is 2. The van der Waals surface area contributed by atoms with Crippen molar-refractivity contribution in [3.8, 4) is 0 Å². The highest BCUT2D eigenvalue weighted by Crippen LogP contribution is 2.26. The fourth-order valence-electron chi connectivity index (χ4n) is 3.43. The fraction of sp³-hybridized carbons (Fsp3) is 0.588. The maximum atomic E-state index is 12.4. The summed E-state index contributed by atoms with van der Waals surface area (Å²) in [4.78, 5) is 39.5. The van der Waals surface area contributed by atoms with Crippen LogP contribution in [0.3, 0.4) is 0 Å². The molecule has 3 rings (SSSR count). The molecule has 8 heteroatoms. The van der Waals surface area contributed by atoms with Crippen LogP contribution in [0, 0.1) is 5.92 Å². The zero-order chi connectivity index (χ0) is 17.8. The van der Waals surface area contributed by atoms with Gasteiger partial charge in [0.1, 0.15) is 0 Å². The molecule has 25 heavy (non-hydrogen) atoms. The number of nitrogens with one attached hydrogen (secondary N) is 1. The van der Waals surface area contributed by atoms with Crippen LogP contribution in [0.2, 0.25) is 0 Å². The molecule has 0 aromatic carbocycles. The summed E-state index contributed by atoms with van der Waals surface area (Å²) in [6.45, 7) is 1.90. The van der Waals surface area contributed by atoms with Crippen LogP contribution in [0.5, 0.6) is 0 Å². The van der Waals surface area contributed by atoms with Crippen molar-refractivity contribution in [3.63, 3.8) is 0 Å². The van der Waals surface area contributed by atoms with Gasteiger partial charge in [-0.25, -0.2) is 4.79 Å². The lowest BCUT2D eigenvalue weighted by Crippen LogP contribution is -2.54. The minimum atomic E-state index is -0.207. The Morgan fingerprint density at radius 3 is 2.52 bits per heavy atom. The molecule has 0 unspecified atom stereocenters. The number of hydrogen-bond donors (Lipinski definition) is 1. The SMILES string of the molecule is COC(=O)[C@H]1CC[C@@H](NC(=O)N2CCN(C(=O)c3ccco3)CC2)C1. The van der Waals surface area contributed by atoms with E-state index in [1.165, 1.54) is 13.4 Å². The zero-order valence-electron chi connectivity index (χ0n) is 14.3. The van der Waals surface area contributed by atoms with E-state index in [9.17, 15) is 14.4 Å². The second-order valence-electron chi connectivity index (χ2n) is 6.44. The van der Waals surface area contributed by atoms with Crippen LogP contribution in [-0.2, 0) is 9.53 Å². The third-order valence-corrected chi connectivity index (χ3v) is 4.88. The van der Waals surface area contributed by atoms with Crippen LogP contribution in [0.4, 0.5) is 4.79 Å². The summed E-state index contributed by atoms with van der Waals surface area (Å²) in [5, 5.41) is 2.99. The number of piperazine rings is 1.